The molecule has 1 N–H and O–H groups in total. The monoisotopic (exact) mass is 280 g/mol. The molecule has 0 aliphatic carbocycles. The molecule has 4 nitrogen and oxygen atoms in total. The van der Waals surface area contributed by atoms with Gasteiger partial charge in [-0.25, -0.2) is 4.98 Å². The molecule has 0 radical (unpaired) electrons. The molecule has 1 aromatic carbocycles. The van der Waals surface area contributed by atoms with E-state index in [-0.39, 0.29) is 0 Å². The molecule has 0 amide bonds. The number of aryl methyl sites for hydroxylation is 1. The number of H-pyrrole nitrogens is 1. The SMILES string of the molecule is Cc1ccc(-c2nc(=S)nc(-c3ccccn3)[nH]2)cc1. The van der Waals surface area contributed by atoms with Crippen LogP contribution in [0.1, 0.15) is 5.56 Å². The molecule has 2 heterocycles. The Labute approximate surface area is 121 Å². The topological polar surface area (TPSA) is 54.5 Å². The quantitative estimate of drug-likeness (QED) is 0.729. The van der Waals surface area contributed by atoms with Gasteiger partial charge in [-0.15, -0.1) is 0 Å². The van der Waals surface area contributed by atoms with Crippen molar-refractivity contribution in [1.29, 1.82) is 0 Å². The molecular formula is C15H12N4S. The number of nitrogens with zero attached hydrogens (tertiary/aromatic N) is 3. The summed E-state index contributed by atoms with van der Waals surface area (Å²) < 4.78 is 0.306. The number of benzene rings is 1. The second-order valence-corrected chi connectivity index (χ2v) is 4.77. The van der Waals surface area contributed by atoms with Crippen molar-refractivity contribution < 1.29 is 0 Å². The molecule has 0 bridgehead atoms. The molecule has 0 fully saturated rings. The molecule has 0 spiro atoms. The van der Waals surface area contributed by atoms with Gasteiger partial charge >= 0.3 is 0 Å². The van der Waals surface area contributed by atoms with Gasteiger partial charge in [0.25, 0.3) is 0 Å². The average molecular weight is 280 g/mol. The van der Waals surface area contributed by atoms with E-state index in [1.165, 1.54) is 5.56 Å². The molecule has 0 aliphatic rings. The van der Waals surface area contributed by atoms with Crippen LogP contribution in [0.15, 0.2) is 48.7 Å². The summed E-state index contributed by atoms with van der Waals surface area (Å²) in [6.07, 6.45) is 1.72. The molecule has 0 saturated heterocycles. The lowest BCUT2D eigenvalue weighted by atomic mass is 10.1. The summed E-state index contributed by atoms with van der Waals surface area (Å²) in [5.74, 6) is 1.33. The van der Waals surface area contributed by atoms with Gasteiger partial charge in [-0.1, -0.05) is 35.9 Å². The molecule has 20 heavy (non-hydrogen) atoms. The second kappa shape index (κ2) is 5.30. The summed E-state index contributed by atoms with van der Waals surface area (Å²) in [5.41, 5.74) is 2.92. The number of nitrogens with one attached hydrogen (secondary N) is 1. The van der Waals surface area contributed by atoms with E-state index in [0.717, 1.165) is 11.3 Å². The fourth-order valence-corrected chi connectivity index (χ4v) is 2.04. The molecule has 3 aromatic rings. The van der Waals surface area contributed by atoms with E-state index in [4.69, 9.17) is 12.2 Å². The number of aromatic nitrogens is 4. The van der Waals surface area contributed by atoms with E-state index in [9.17, 15) is 0 Å². The Kier molecular flexibility index (Phi) is 3.35. The van der Waals surface area contributed by atoms with Crippen molar-refractivity contribution in [2.24, 2.45) is 0 Å². The third-order valence-corrected chi connectivity index (χ3v) is 3.07. The Hall–Kier alpha value is -2.40. The highest BCUT2D eigenvalue weighted by Crippen LogP contribution is 2.18. The summed E-state index contributed by atoms with van der Waals surface area (Å²) in [7, 11) is 0. The van der Waals surface area contributed by atoms with Gasteiger partial charge in [-0.2, -0.15) is 4.98 Å². The van der Waals surface area contributed by atoms with Crippen LogP contribution in [0.25, 0.3) is 22.9 Å². The van der Waals surface area contributed by atoms with Crippen LogP contribution in [-0.4, -0.2) is 19.9 Å². The lowest BCUT2D eigenvalue weighted by molar-refractivity contribution is 1.03. The lowest BCUT2D eigenvalue weighted by Gasteiger charge is -2.05. The summed E-state index contributed by atoms with van der Waals surface area (Å²) >= 11 is 5.14. The van der Waals surface area contributed by atoms with Crippen LogP contribution in [0.2, 0.25) is 0 Å². The van der Waals surface area contributed by atoms with E-state index < -0.39 is 0 Å². The highest BCUT2D eigenvalue weighted by atomic mass is 32.1. The first kappa shape index (κ1) is 12.6. The Bertz CT molecular complexity index is 779. The fourth-order valence-electron chi connectivity index (χ4n) is 1.86. The first-order valence-corrected chi connectivity index (χ1v) is 6.60. The minimum absolute atomic E-state index is 0.306. The maximum absolute atomic E-state index is 5.14. The molecule has 98 valence electrons. The smallest absolute Gasteiger partial charge is 0.223 e. The van der Waals surface area contributed by atoms with Crippen LogP contribution in [-0.2, 0) is 0 Å². The number of aromatic amines is 1. The maximum Gasteiger partial charge on any atom is 0.223 e. The predicted octanol–water partition coefficient (Wildman–Crippen LogP) is 3.57. The molecule has 0 atom stereocenters. The Morgan fingerprint density at radius 1 is 0.950 bits per heavy atom. The van der Waals surface area contributed by atoms with Crippen molar-refractivity contribution in [1.82, 2.24) is 19.9 Å². The van der Waals surface area contributed by atoms with Crippen molar-refractivity contribution in [2.45, 2.75) is 6.92 Å². The normalized spacial score (nSPS) is 10.4. The third-order valence-electron chi connectivity index (χ3n) is 2.88. The maximum atomic E-state index is 5.14. The standard InChI is InChI=1S/C15H12N4S/c1-10-5-7-11(8-6-10)13-17-14(19-15(20)18-13)12-4-2-3-9-16-12/h2-9H,1H3,(H,17,18,19,20). The van der Waals surface area contributed by atoms with Crippen LogP contribution in [0.5, 0.6) is 0 Å². The van der Waals surface area contributed by atoms with E-state index in [1.54, 1.807) is 6.20 Å². The lowest BCUT2D eigenvalue weighted by Crippen LogP contribution is -1.98. The van der Waals surface area contributed by atoms with Crippen molar-refractivity contribution in [3.63, 3.8) is 0 Å². The van der Waals surface area contributed by atoms with Crippen molar-refractivity contribution in [3.8, 4) is 22.9 Å². The van der Waals surface area contributed by atoms with Gasteiger partial charge in [-0.05, 0) is 31.3 Å². The van der Waals surface area contributed by atoms with Crippen LogP contribution in [0.4, 0.5) is 0 Å². The predicted molar refractivity (Wildman–Crippen MR) is 80.6 cm³/mol. The summed E-state index contributed by atoms with van der Waals surface area (Å²) in [4.78, 5) is 16.0. The molecule has 3 rings (SSSR count). The van der Waals surface area contributed by atoms with Gasteiger partial charge in [0.2, 0.25) is 4.77 Å². The first-order valence-electron chi connectivity index (χ1n) is 6.19. The van der Waals surface area contributed by atoms with Crippen molar-refractivity contribution in [3.05, 3.63) is 59.0 Å². The minimum atomic E-state index is 0.306. The van der Waals surface area contributed by atoms with Crippen LogP contribution in [0, 0.1) is 11.7 Å². The zero-order chi connectivity index (χ0) is 13.9. The van der Waals surface area contributed by atoms with E-state index in [2.05, 4.69) is 19.9 Å². The highest BCUT2D eigenvalue weighted by molar-refractivity contribution is 7.71. The van der Waals surface area contributed by atoms with Crippen LogP contribution < -0.4 is 0 Å². The van der Waals surface area contributed by atoms with E-state index in [0.29, 0.717) is 16.4 Å². The zero-order valence-electron chi connectivity index (χ0n) is 10.9. The fraction of sp³-hybridized carbons (Fsp3) is 0.0667. The van der Waals surface area contributed by atoms with Gasteiger partial charge in [0.1, 0.15) is 11.5 Å². The third kappa shape index (κ3) is 2.62. The molecule has 0 aliphatic heterocycles. The largest absolute Gasteiger partial charge is 0.322 e. The first-order chi connectivity index (χ1) is 9.72. The zero-order valence-corrected chi connectivity index (χ0v) is 11.7. The van der Waals surface area contributed by atoms with Gasteiger partial charge in [-0.3, -0.25) is 4.98 Å². The number of rotatable bonds is 2. The average Bonchev–Trinajstić information content (AvgIpc) is 2.48. The number of hydrogen-bond acceptors (Lipinski definition) is 4. The molecule has 0 unspecified atom stereocenters. The van der Waals surface area contributed by atoms with E-state index in [1.807, 2.05) is 49.4 Å². The van der Waals surface area contributed by atoms with Crippen LogP contribution in [0.3, 0.4) is 0 Å². The minimum Gasteiger partial charge on any atom is -0.322 e. The van der Waals surface area contributed by atoms with Crippen molar-refractivity contribution in [2.75, 3.05) is 0 Å². The Balaban J connectivity index is 2.12. The highest BCUT2D eigenvalue weighted by Gasteiger charge is 2.06. The summed E-state index contributed by atoms with van der Waals surface area (Å²) in [6.45, 7) is 2.05. The Morgan fingerprint density at radius 3 is 2.40 bits per heavy atom. The van der Waals surface area contributed by atoms with Gasteiger partial charge in [0.05, 0.1) is 0 Å². The summed E-state index contributed by atoms with van der Waals surface area (Å²) in [5, 5.41) is 0. The summed E-state index contributed by atoms with van der Waals surface area (Å²) in [6, 6.07) is 13.7. The van der Waals surface area contributed by atoms with Crippen molar-refractivity contribution >= 4 is 12.2 Å². The molecular weight excluding hydrogens is 268 g/mol. The molecule has 0 saturated carbocycles. The van der Waals surface area contributed by atoms with Gasteiger partial charge in [0.15, 0.2) is 5.82 Å². The number of pyridine rings is 1. The van der Waals surface area contributed by atoms with Crippen LogP contribution >= 0.6 is 12.2 Å². The molecule has 5 heteroatoms. The second-order valence-electron chi connectivity index (χ2n) is 4.41. The molecule has 2 aromatic heterocycles. The Morgan fingerprint density at radius 2 is 1.70 bits per heavy atom. The van der Waals surface area contributed by atoms with Gasteiger partial charge in [0, 0.05) is 11.8 Å². The number of hydrogen-bond donors (Lipinski definition) is 1. The van der Waals surface area contributed by atoms with Gasteiger partial charge < -0.3 is 4.98 Å². The van der Waals surface area contributed by atoms with E-state index >= 15 is 0 Å².